The van der Waals surface area contributed by atoms with E-state index in [2.05, 4.69) is 0 Å². The van der Waals surface area contributed by atoms with Gasteiger partial charge in [-0.3, -0.25) is 0 Å². The quantitative estimate of drug-likeness (QED) is 0.276. The van der Waals surface area contributed by atoms with Gasteiger partial charge in [0.2, 0.25) is 0 Å². The van der Waals surface area contributed by atoms with Crippen LogP contribution >= 0.6 is 0 Å². The van der Waals surface area contributed by atoms with Gasteiger partial charge in [0.15, 0.2) is 0 Å². The molecule has 0 aromatic heterocycles. The monoisotopic (exact) mass is 210 g/mol. The number of ether oxygens (including phenoxy) is 1. The average molecular weight is 210 g/mol. The zero-order valence-corrected chi connectivity index (χ0v) is 11.2. The molecule has 0 rings (SSSR count). The smallest absolute Gasteiger partial charge is 0.545 e. The maximum Gasteiger partial charge on any atom is 1.00 e. The first kappa shape index (κ1) is 15.8. The van der Waals surface area contributed by atoms with Crippen LogP contribution in [0.3, 0.4) is 0 Å². The van der Waals surface area contributed by atoms with Crippen molar-refractivity contribution in [2.24, 2.45) is 0 Å². The summed E-state index contributed by atoms with van der Waals surface area (Å²) in [4.78, 5) is 20.6. The van der Waals surface area contributed by atoms with Gasteiger partial charge in [-0.05, 0) is 19.4 Å². The summed E-state index contributed by atoms with van der Waals surface area (Å²) >= 11 is 0. The summed E-state index contributed by atoms with van der Waals surface area (Å²) in [6.07, 6.45) is 1.99. The van der Waals surface area contributed by atoms with Crippen molar-refractivity contribution in [3.05, 3.63) is 12.2 Å². The summed E-state index contributed by atoms with van der Waals surface area (Å²) < 4.78 is 4.73. The topological polar surface area (TPSA) is 66.4 Å². The molecule has 0 saturated heterocycles. The Bertz CT molecular complexity index is 200. The second kappa shape index (κ2) is 8.89. The standard InChI is InChI=1S/C8H12O4.K/c1-3-6(2)12-8(11)5-4-7(9)10;/h4-6H,3H2,1-2H3,(H,9,10);/q;+1/p-1. The van der Waals surface area contributed by atoms with E-state index in [1.807, 2.05) is 6.92 Å². The molecular weight excluding hydrogens is 199 g/mol. The van der Waals surface area contributed by atoms with Crippen LogP contribution in [-0.4, -0.2) is 18.0 Å². The van der Waals surface area contributed by atoms with Gasteiger partial charge < -0.3 is 14.6 Å². The van der Waals surface area contributed by atoms with Gasteiger partial charge in [-0.25, -0.2) is 4.79 Å². The molecule has 0 aliphatic carbocycles. The van der Waals surface area contributed by atoms with Gasteiger partial charge in [-0.1, -0.05) is 6.92 Å². The van der Waals surface area contributed by atoms with E-state index in [9.17, 15) is 14.7 Å². The number of hydrogen-bond donors (Lipinski definition) is 0. The van der Waals surface area contributed by atoms with E-state index in [0.717, 1.165) is 6.08 Å². The average Bonchev–Trinajstić information content (AvgIpc) is 2.00. The molecule has 4 nitrogen and oxygen atoms in total. The van der Waals surface area contributed by atoms with E-state index in [4.69, 9.17) is 4.74 Å². The Hall–Kier alpha value is 0.316. The minimum atomic E-state index is -1.41. The molecule has 13 heavy (non-hydrogen) atoms. The van der Waals surface area contributed by atoms with Crippen molar-refractivity contribution >= 4 is 11.9 Å². The van der Waals surface area contributed by atoms with Crippen LogP contribution in [0.15, 0.2) is 12.2 Å². The van der Waals surface area contributed by atoms with Crippen LogP contribution in [0.4, 0.5) is 0 Å². The van der Waals surface area contributed by atoms with Crippen molar-refractivity contribution in [1.29, 1.82) is 0 Å². The van der Waals surface area contributed by atoms with E-state index in [0.29, 0.717) is 12.5 Å². The van der Waals surface area contributed by atoms with Crippen LogP contribution < -0.4 is 56.5 Å². The largest absolute Gasteiger partial charge is 1.00 e. The van der Waals surface area contributed by atoms with Crippen molar-refractivity contribution in [2.45, 2.75) is 26.4 Å². The predicted octanol–water partition coefficient (Wildman–Crippen LogP) is -3.36. The van der Waals surface area contributed by atoms with Gasteiger partial charge in [-0.15, -0.1) is 0 Å². The zero-order valence-electron chi connectivity index (χ0n) is 8.07. The van der Waals surface area contributed by atoms with Crippen molar-refractivity contribution in [3.8, 4) is 0 Å². The first-order valence-corrected chi connectivity index (χ1v) is 3.66. The number of carbonyl (C=O) groups excluding carboxylic acids is 2. The third-order valence-corrected chi connectivity index (χ3v) is 1.25. The van der Waals surface area contributed by atoms with E-state index in [1.54, 1.807) is 6.92 Å². The number of aliphatic carboxylic acids is 1. The third kappa shape index (κ3) is 10.2. The maximum absolute atomic E-state index is 10.7. The molecule has 0 bridgehead atoms. The molecule has 68 valence electrons. The number of rotatable bonds is 4. The summed E-state index contributed by atoms with van der Waals surface area (Å²) in [5.74, 6) is -2.07. The molecule has 5 heteroatoms. The molecule has 0 radical (unpaired) electrons. The van der Waals surface area contributed by atoms with Crippen molar-refractivity contribution in [2.75, 3.05) is 0 Å². The van der Waals surface area contributed by atoms with Crippen LogP contribution in [0.5, 0.6) is 0 Å². The van der Waals surface area contributed by atoms with Crippen LogP contribution in [0.25, 0.3) is 0 Å². The molecule has 0 spiro atoms. The zero-order chi connectivity index (χ0) is 9.56. The van der Waals surface area contributed by atoms with Gasteiger partial charge in [0.25, 0.3) is 0 Å². The Labute approximate surface area is 120 Å². The van der Waals surface area contributed by atoms with Crippen molar-refractivity contribution in [3.63, 3.8) is 0 Å². The Balaban J connectivity index is 0. The molecule has 0 aromatic rings. The first-order chi connectivity index (χ1) is 5.56. The minimum Gasteiger partial charge on any atom is -0.545 e. The van der Waals surface area contributed by atoms with Crippen LogP contribution in [-0.2, 0) is 14.3 Å². The van der Waals surface area contributed by atoms with Crippen molar-refractivity contribution < 1.29 is 70.8 Å². The van der Waals surface area contributed by atoms with Crippen LogP contribution in [0.1, 0.15) is 20.3 Å². The maximum atomic E-state index is 10.7. The number of carbonyl (C=O) groups is 2. The fourth-order valence-electron chi connectivity index (χ4n) is 0.457. The number of esters is 1. The van der Waals surface area contributed by atoms with Crippen LogP contribution in [0.2, 0.25) is 0 Å². The van der Waals surface area contributed by atoms with Crippen molar-refractivity contribution in [1.82, 2.24) is 0 Å². The van der Waals surface area contributed by atoms with Gasteiger partial charge in [-0.2, -0.15) is 0 Å². The molecule has 0 aromatic carbocycles. The molecule has 0 amide bonds. The van der Waals surface area contributed by atoms with E-state index in [-0.39, 0.29) is 57.5 Å². The molecule has 0 aliphatic rings. The SMILES string of the molecule is CCC(C)OC(=O)C=CC(=O)[O-].[K+]. The predicted molar refractivity (Wildman–Crippen MR) is 40.0 cm³/mol. The molecule has 1 atom stereocenters. The minimum absolute atomic E-state index is 0. The Kier molecular flexibility index (Phi) is 10.8. The Morgan fingerprint density at radius 1 is 1.46 bits per heavy atom. The van der Waals surface area contributed by atoms with Gasteiger partial charge in [0, 0.05) is 6.08 Å². The fraction of sp³-hybridized carbons (Fsp3) is 0.500. The summed E-state index contributed by atoms with van der Waals surface area (Å²) in [6, 6.07) is 0. The van der Waals surface area contributed by atoms with Gasteiger partial charge in [0.1, 0.15) is 0 Å². The fourth-order valence-corrected chi connectivity index (χ4v) is 0.457. The summed E-state index contributed by atoms with van der Waals surface area (Å²) in [5.41, 5.74) is 0. The van der Waals surface area contributed by atoms with Gasteiger partial charge >= 0.3 is 57.4 Å². The molecule has 1 unspecified atom stereocenters. The first-order valence-electron chi connectivity index (χ1n) is 3.66. The van der Waals surface area contributed by atoms with Crippen LogP contribution in [0, 0.1) is 0 Å². The Morgan fingerprint density at radius 2 is 2.00 bits per heavy atom. The molecule has 0 saturated carbocycles. The molecule has 0 N–H and O–H groups in total. The molecule has 0 fully saturated rings. The number of carboxylic acid groups (broad SMARTS) is 1. The Morgan fingerprint density at radius 3 is 2.38 bits per heavy atom. The normalized spacial score (nSPS) is 11.8. The molecule has 0 aliphatic heterocycles. The molecular formula is C8H11KO4. The third-order valence-electron chi connectivity index (χ3n) is 1.25. The van der Waals surface area contributed by atoms with Gasteiger partial charge in [0.05, 0.1) is 12.1 Å². The van der Waals surface area contributed by atoms with E-state index >= 15 is 0 Å². The van der Waals surface area contributed by atoms with E-state index in [1.165, 1.54) is 0 Å². The summed E-state index contributed by atoms with van der Waals surface area (Å²) in [5, 5.41) is 9.85. The second-order valence-corrected chi connectivity index (χ2v) is 2.31. The summed E-state index contributed by atoms with van der Waals surface area (Å²) in [6.45, 7) is 3.59. The number of hydrogen-bond acceptors (Lipinski definition) is 4. The molecule has 0 heterocycles. The summed E-state index contributed by atoms with van der Waals surface area (Å²) in [7, 11) is 0. The van der Waals surface area contributed by atoms with E-state index < -0.39 is 11.9 Å². The second-order valence-electron chi connectivity index (χ2n) is 2.31. The number of carboxylic acids is 1.